The largest absolute Gasteiger partial charge is 0.370 e. The van der Waals surface area contributed by atoms with Crippen molar-refractivity contribution < 1.29 is 19.5 Å². The van der Waals surface area contributed by atoms with Gasteiger partial charge in [-0.15, -0.1) is 0 Å². The number of aliphatic hydroxyl groups excluding tert-OH is 1. The van der Waals surface area contributed by atoms with Crippen molar-refractivity contribution in [1.82, 2.24) is 9.80 Å². The van der Waals surface area contributed by atoms with Crippen LogP contribution < -0.4 is 0 Å². The fourth-order valence-corrected chi connectivity index (χ4v) is 2.16. The summed E-state index contributed by atoms with van der Waals surface area (Å²) in [5.41, 5.74) is -0.453. The highest BCUT2D eigenvalue weighted by molar-refractivity contribution is 6.06. The normalized spacial score (nSPS) is 31.5. The first-order valence-corrected chi connectivity index (χ1v) is 5.74. The number of carbonyl (C=O) groups excluding carboxylic acids is 2. The van der Waals surface area contributed by atoms with Crippen LogP contribution in [0.3, 0.4) is 0 Å². The van der Waals surface area contributed by atoms with Crippen LogP contribution in [-0.2, 0) is 14.4 Å². The minimum atomic E-state index is -1.32. The zero-order valence-electron chi connectivity index (χ0n) is 10.9. The number of amides is 2. The standard InChI is InChI=1S/C11H17N3O4/c1-6-5-7(18-12-6)14-9(16)11(2,3)8(15)13(4)10(14)17/h7,10,17H,5H2,1-4H3. The average Bonchev–Trinajstić information content (AvgIpc) is 2.72. The van der Waals surface area contributed by atoms with Gasteiger partial charge >= 0.3 is 0 Å². The summed E-state index contributed by atoms with van der Waals surface area (Å²) in [6.07, 6.45) is -1.53. The molecule has 2 atom stereocenters. The van der Waals surface area contributed by atoms with E-state index in [-0.39, 0.29) is 0 Å². The van der Waals surface area contributed by atoms with Gasteiger partial charge in [-0.2, -0.15) is 0 Å². The molecule has 0 radical (unpaired) electrons. The molecule has 2 rings (SSSR count). The monoisotopic (exact) mass is 255 g/mol. The van der Waals surface area contributed by atoms with Crippen LogP contribution in [0.1, 0.15) is 27.2 Å². The minimum absolute atomic E-state index is 0.410. The molecule has 1 saturated heterocycles. The highest BCUT2D eigenvalue weighted by Gasteiger charge is 2.53. The summed E-state index contributed by atoms with van der Waals surface area (Å²) in [5.74, 6) is -0.861. The Morgan fingerprint density at radius 1 is 1.39 bits per heavy atom. The number of aliphatic hydroxyl groups is 1. The lowest BCUT2D eigenvalue weighted by Crippen LogP contribution is -2.67. The molecule has 2 unspecified atom stereocenters. The molecule has 7 nitrogen and oxygen atoms in total. The Labute approximate surface area is 105 Å². The number of oxime groups is 1. The van der Waals surface area contributed by atoms with E-state index in [1.165, 1.54) is 25.8 Å². The Balaban J connectivity index is 2.29. The van der Waals surface area contributed by atoms with Crippen molar-refractivity contribution in [1.29, 1.82) is 0 Å². The quantitative estimate of drug-likeness (QED) is 0.653. The summed E-state index contributed by atoms with van der Waals surface area (Å²) in [6, 6.07) is 0. The minimum Gasteiger partial charge on any atom is -0.370 e. The maximum Gasteiger partial charge on any atom is 0.244 e. The van der Waals surface area contributed by atoms with Gasteiger partial charge in [-0.05, 0) is 20.8 Å². The second-order valence-corrected chi connectivity index (χ2v) is 5.19. The SMILES string of the molecule is CC1=NOC(N2C(=O)C(C)(C)C(=O)N(C)C2O)C1. The average molecular weight is 255 g/mol. The Bertz CT molecular complexity index is 432. The van der Waals surface area contributed by atoms with Crippen molar-refractivity contribution in [2.75, 3.05) is 7.05 Å². The van der Waals surface area contributed by atoms with Gasteiger partial charge < -0.3 is 14.8 Å². The zero-order chi connectivity index (χ0) is 13.7. The fourth-order valence-electron chi connectivity index (χ4n) is 2.16. The molecule has 0 aromatic heterocycles. The van der Waals surface area contributed by atoms with Gasteiger partial charge in [-0.25, -0.2) is 0 Å². The van der Waals surface area contributed by atoms with E-state index in [1.54, 1.807) is 6.92 Å². The Kier molecular flexibility index (Phi) is 2.81. The maximum absolute atomic E-state index is 12.3. The van der Waals surface area contributed by atoms with Gasteiger partial charge in [0.05, 0.1) is 5.71 Å². The van der Waals surface area contributed by atoms with E-state index in [0.717, 1.165) is 10.6 Å². The smallest absolute Gasteiger partial charge is 0.244 e. The number of carbonyl (C=O) groups is 2. The van der Waals surface area contributed by atoms with Crippen LogP contribution in [0.25, 0.3) is 0 Å². The molecule has 0 bridgehead atoms. The summed E-state index contributed by atoms with van der Waals surface area (Å²) in [7, 11) is 1.46. The van der Waals surface area contributed by atoms with Crippen molar-refractivity contribution in [2.45, 2.75) is 39.8 Å². The van der Waals surface area contributed by atoms with Gasteiger partial charge in [0.15, 0.2) is 0 Å². The molecule has 2 heterocycles. The van der Waals surface area contributed by atoms with Crippen molar-refractivity contribution in [3.8, 4) is 0 Å². The molecule has 2 aliphatic rings. The molecule has 0 aromatic carbocycles. The first kappa shape index (κ1) is 12.8. The van der Waals surface area contributed by atoms with Crippen LogP contribution in [0.2, 0.25) is 0 Å². The van der Waals surface area contributed by atoms with E-state index in [9.17, 15) is 14.7 Å². The Morgan fingerprint density at radius 3 is 2.50 bits per heavy atom. The molecule has 0 spiro atoms. The third kappa shape index (κ3) is 1.66. The summed E-state index contributed by atoms with van der Waals surface area (Å²) < 4.78 is 0. The highest BCUT2D eigenvalue weighted by Crippen LogP contribution is 2.32. The molecular weight excluding hydrogens is 238 g/mol. The molecule has 1 fully saturated rings. The van der Waals surface area contributed by atoms with E-state index in [4.69, 9.17) is 4.84 Å². The lowest BCUT2D eigenvalue weighted by Gasteiger charge is -2.46. The van der Waals surface area contributed by atoms with Crippen molar-refractivity contribution in [2.24, 2.45) is 10.6 Å². The second-order valence-electron chi connectivity index (χ2n) is 5.19. The van der Waals surface area contributed by atoms with E-state index in [1.807, 2.05) is 0 Å². The third-order valence-corrected chi connectivity index (χ3v) is 3.33. The zero-order valence-corrected chi connectivity index (χ0v) is 10.9. The molecule has 2 amide bonds. The molecular formula is C11H17N3O4. The lowest BCUT2D eigenvalue weighted by molar-refractivity contribution is -0.217. The van der Waals surface area contributed by atoms with Gasteiger partial charge in [-0.1, -0.05) is 5.16 Å². The predicted octanol–water partition coefficient (Wildman–Crippen LogP) is -0.289. The number of rotatable bonds is 1. The molecule has 100 valence electrons. The van der Waals surface area contributed by atoms with Gasteiger partial charge in [0.25, 0.3) is 0 Å². The van der Waals surface area contributed by atoms with E-state index < -0.39 is 29.8 Å². The van der Waals surface area contributed by atoms with Gasteiger partial charge in [0, 0.05) is 13.5 Å². The lowest BCUT2D eigenvalue weighted by atomic mass is 9.87. The Hall–Kier alpha value is -1.63. The number of hydrogen-bond donors (Lipinski definition) is 1. The number of nitrogens with zero attached hydrogens (tertiary/aromatic N) is 3. The first-order valence-electron chi connectivity index (χ1n) is 5.74. The van der Waals surface area contributed by atoms with Gasteiger partial charge in [-0.3, -0.25) is 14.5 Å². The summed E-state index contributed by atoms with van der Waals surface area (Å²) in [4.78, 5) is 31.7. The highest BCUT2D eigenvalue weighted by atomic mass is 16.7. The molecule has 0 aliphatic carbocycles. The molecule has 2 aliphatic heterocycles. The summed E-state index contributed by atoms with van der Waals surface area (Å²) in [5, 5.41) is 13.8. The summed E-state index contributed by atoms with van der Waals surface area (Å²) >= 11 is 0. The van der Waals surface area contributed by atoms with E-state index in [2.05, 4.69) is 5.16 Å². The van der Waals surface area contributed by atoms with Crippen LogP contribution in [0.4, 0.5) is 0 Å². The van der Waals surface area contributed by atoms with E-state index >= 15 is 0 Å². The third-order valence-electron chi connectivity index (χ3n) is 3.33. The summed E-state index contributed by atoms with van der Waals surface area (Å²) in [6.45, 7) is 4.85. The van der Waals surface area contributed by atoms with Crippen LogP contribution in [-0.4, -0.2) is 52.1 Å². The molecule has 18 heavy (non-hydrogen) atoms. The van der Waals surface area contributed by atoms with Crippen LogP contribution in [0.15, 0.2) is 5.16 Å². The van der Waals surface area contributed by atoms with Crippen molar-refractivity contribution >= 4 is 17.5 Å². The number of hydrogen-bond acceptors (Lipinski definition) is 5. The van der Waals surface area contributed by atoms with E-state index in [0.29, 0.717) is 6.42 Å². The maximum atomic E-state index is 12.3. The van der Waals surface area contributed by atoms with Crippen molar-refractivity contribution in [3.63, 3.8) is 0 Å². The van der Waals surface area contributed by atoms with Gasteiger partial charge in [0.1, 0.15) is 5.41 Å². The Morgan fingerprint density at radius 2 is 2.00 bits per heavy atom. The molecule has 0 aromatic rings. The van der Waals surface area contributed by atoms with Crippen molar-refractivity contribution in [3.05, 3.63) is 0 Å². The van der Waals surface area contributed by atoms with Crippen LogP contribution in [0.5, 0.6) is 0 Å². The molecule has 0 saturated carbocycles. The predicted molar refractivity (Wildman–Crippen MR) is 62.0 cm³/mol. The molecule has 1 N–H and O–H groups in total. The van der Waals surface area contributed by atoms with Crippen LogP contribution in [0, 0.1) is 5.41 Å². The first-order chi connectivity index (χ1) is 8.26. The topological polar surface area (TPSA) is 82.4 Å². The molecule has 7 heteroatoms. The van der Waals surface area contributed by atoms with Crippen LogP contribution >= 0.6 is 0 Å². The van der Waals surface area contributed by atoms with Gasteiger partial charge in [0.2, 0.25) is 24.4 Å². The fraction of sp³-hybridized carbons (Fsp3) is 0.727. The second kappa shape index (κ2) is 3.94.